The van der Waals surface area contributed by atoms with Crippen molar-refractivity contribution in [2.45, 2.75) is 37.0 Å². The Balaban J connectivity index is 2.14. The summed E-state index contributed by atoms with van der Waals surface area (Å²) >= 11 is 1.96. The van der Waals surface area contributed by atoms with E-state index < -0.39 is 11.6 Å². The summed E-state index contributed by atoms with van der Waals surface area (Å²) in [6, 6.07) is 4.02. The lowest BCUT2D eigenvalue weighted by Crippen LogP contribution is -2.45. The molecule has 0 bridgehead atoms. The van der Waals surface area contributed by atoms with Crippen LogP contribution < -0.4 is 5.32 Å². The van der Waals surface area contributed by atoms with Gasteiger partial charge in [-0.25, -0.2) is 8.78 Å². The van der Waals surface area contributed by atoms with E-state index >= 15 is 0 Å². The maximum atomic E-state index is 13.2. The Morgan fingerprint density at radius 3 is 2.50 bits per heavy atom. The van der Waals surface area contributed by atoms with Gasteiger partial charge in [-0.2, -0.15) is 11.8 Å². The molecule has 1 aromatic rings. The van der Waals surface area contributed by atoms with Crippen molar-refractivity contribution in [2.24, 2.45) is 0 Å². The first-order valence-electron chi connectivity index (χ1n) is 6.30. The molecule has 1 aliphatic heterocycles. The molecule has 1 saturated heterocycles. The van der Waals surface area contributed by atoms with Gasteiger partial charge in [0.15, 0.2) is 0 Å². The molecule has 0 aliphatic carbocycles. The fraction of sp³-hybridized carbons (Fsp3) is 0.571. The molecular formula is C14H19F2NS. The van der Waals surface area contributed by atoms with Crippen LogP contribution in [0, 0.1) is 11.6 Å². The SMILES string of the molecule is CNC(Cc1cc(F)cc(F)c1)C1(C)CCCS1. The summed E-state index contributed by atoms with van der Waals surface area (Å²) < 4.78 is 26.5. The number of hydrogen-bond acceptors (Lipinski definition) is 2. The van der Waals surface area contributed by atoms with Gasteiger partial charge in [-0.3, -0.25) is 0 Å². The van der Waals surface area contributed by atoms with Gasteiger partial charge in [0.25, 0.3) is 0 Å². The van der Waals surface area contributed by atoms with Gasteiger partial charge in [-0.1, -0.05) is 0 Å². The number of hydrogen-bond donors (Lipinski definition) is 1. The minimum atomic E-state index is -0.496. The summed E-state index contributed by atoms with van der Waals surface area (Å²) in [5.74, 6) is 0.180. The van der Waals surface area contributed by atoms with Crippen molar-refractivity contribution in [3.8, 4) is 0 Å². The van der Waals surface area contributed by atoms with Gasteiger partial charge < -0.3 is 5.32 Å². The normalized spacial score (nSPS) is 25.3. The van der Waals surface area contributed by atoms with Crippen LogP contribution in [-0.4, -0.2) is 23.6 Å². The van der Waals surface area contributed by atoms with Crippen molar-refractivity contribution >= 4 is 11.8 Å². The maximum absolute atomic E-state index is 13.2. The van der Waals surface area contributed by atoms with Crippen LogP contribution >= 0.6 is 11.8 Å². The first kappa shape index (κ1) is 13.8. The first-order valence-corrected chi connectivity index (χ1v) is 7.28. The molecule has 2 atom stereocenters. The van der Waals surface area contributed by atoms with Crippen LogP contribution in [0.25, 0.3) is 0 Å². The Hall–Kier alpha value is -0.610. The third-order valence-electron chi connectivity index (χ3n) is 3.70. The summed E-state index contributed by atoms with van der Waals surface area (Å²) in [5.41, 5.74) is 0.723. The number of rotatable bonds is 4. The lowest BCUT2D eigenvalue weighted by Gasteiger charge is -2.33. The second-order valence-electron chi connectivity index (χ2n) is 5.09. The standard InChI is InChI=1S/C14H19F2NS/c1-14(4-3-5-18-14)13(17-2)8-10-6-11(15)9-12(16)7-10/h6-7,9,13,17H,3-5,8H2,1-2H3. The van der Waals surface area contributed by atoms with E-state index in [0.717, 1.165) is 18.1 Å². The summed E-state index contributed by atoms with van der Waals surface area (Å²) in [4.78, 5) is 0. The van der Waals surface area contributed by atoms with E-state index in [1.165, 1.54) is 24.3 Å². The van der Waals surface area contributed by atoms with Crippen molar-refractivity contribution in [3.05, 3.63) is 35.4 Å². The first-order chi connectivity index (χ1) is 8.53. The molecule has 1 aliphatic rings. The molecule has 18 heavy (non-hydrogen) atoms. The van der Waals surface area contributed by atoms with Crippen LogP contribution in [0.2, 0.25) is 0 Å². The average molecular weight is 271 g/mol. The predicted octanol–water partition coefficient (Wildman–Crippen LogP) is 3.38. The number of halogens is 2. The Morgan fingerprint density at radius 1 is 1.33 bits per heavy atom. The molecular weight excluding hydrogens is 252 g/mol. The van der Waals surface area contributed by atoms with Gasteiger partial charge >= 0.3 is 0 Å². The molecule has 0 spiro atoms. The van der Waals surface area contributed by atoms with Gasteiger partial charge in [0.05, 0.1) is 0 Å². The van der Waals surface area contributed by atoms with E-state index in [0.29, 0.717) is 6.42 Å². The second-order valence-corrected chi connectivity index (χ2v) is 6.72. The third-order valence-corrected chi connectivity index (χ3v) is 5.34. The van der Waals surface area contributed by atoms with E-state index in [2.05, 4.69) is 12.2 Å². The van der Waals surface area contributed by atoms with Crippen LogP contribution in [0.4, 0.5) is 8.78 Å². The summed E-state index contributed by atoms with van der Waals surface area (Å²) in [6.45, 7) is 2.24. The zero-order chi connectivity index (χ0) is 13.2. The highest BCUT2D eigenvalue weighted by Gasteiger charge is 2.36. The summed E-state index contributed by atoms with van der Waals surface area (Å²) in [7, 11) is 1.92. The van der Waals surface area contributed by atoms with Gasteiger partial charge in [0, 0.05) is 16.9 Å². The van der Waals surface area contributed by atoms with Gasteiger partial charge in [-0.15, -0.1) is 0 Å². The highest BCUT2D eigenvalue weighted by Crippen LogP contribution is 2.41. The predicted molar refractivity (Wildman–Crippen MR) is 73.0 cm³/mol. The van der Waals surface area contributed by atoms with Gasteiger partial charge in [0.2, 0.25) is 0 Å². The second kappa shape index (κ2) is 5.57. The summed E-state index contributed by atoms with van der Waals surface area (Å²) in [6.07, 6.45) is 3.03. The monoisotopic (exact) mass is 271 g/mol. The Kier molecular flexibility index (Phi) is 4.28. The third kappa shape index (κ3) is 3.04. The van der Waals surface area contributed by atoms with Crippen LogP contribution in [0.1, 0.15) is 25.3 Å². The summed E-state index contributed by atoms with van der Waals surface area (Å²) in [5, 5.41) is 3.31. The minimum absolute atomic E-state index is 0.164. The van der Waals surface area contributed by atoms with Crippen molar-refractivity contribution in [1.82, 2.24) is 5.32 Å². The maximum Gasteiger partial charge on any atom is 0.126 e. The zero-order valence-corrected chi connectivity index (χ0v) is 11.6. The molecule has 0 radical (unpaired) electrons. The molecule has 4 heteroatoms. The Bertz CT molecular complexity index is 396. The number of likely N-dealkylation sites (N-methyl/N-ethyl adjacent to an activating group) is 1. The van der Waals surface area contributed by atoms with Crippen molar-refractivity contribution in [3.63, 3.8) is 0 Å². The topological polar surface area (TPSA) is 12.0 Å². The van der Waals surface area contributed by atoms with E-state index in [9.17, 15) is 8.78 Å². The molecule has 2 rings (SSSR count). The van der Waals surface area contributed by atoms with Crippen LogP contribution in [0.3, 0.4) is 0 Å². The largest absolute Gasteiger partial charge is 0.315 e. The molecule has 1 aromatic carbocycles. The highest BCUT2D eigenvalue weighted by molar-refractivity contribution is 8.00. The van der Waals surface area contributed by atoms with Crippen molar-refractivity contribution in [1.29, 1.82) is 0 Å². The van der Waals surface area contributed by atoms with Crippen molar-refractivity contribution < 1.29 is 8.78 Å². The quantitative estimate of drug-likeness (QED) is 0.901. The van der Waals surface area contributed by atoms with Crippen molar-refractivity contribution in [2.75, 3.05) is 12.8 Å². The van der Waals surface area contributed by atoms with E-state index in [1.54, 1.807) is 0 Å². The van der Waals surface area contributed by atoms with Gasteiger partial charge in [-0.05, 0) is 56.7 Å². The minimum Gasteiger partial charge on any atom is -0.315 e. The Morgan fingerprint density at radius 2 is 2.00 bits per heavy atom. The van der Waals surface area contributed by atoms with Crippen LogP contribution in [0.5, 0.6) is 0 Å². The van der Waals surface area contributed by atoms with E-state index in [4.69, 9.17) is 0 Å². The molecule has 1 fully saturated rings. The molecule has 100 valence electrons. The zero-order valence-electron chi connectivity index (χ0n) is 10.8. The number of benzene rings is 1. The lowest BCUT2D eigenvalue weighted by atomic mass is 9.91. The highest BCUT2D eigenvalue weighted by atomic mass is 32.2. The lowest BCUT2D eigenvalue weighted by molar-refractivity contribution is 0.422. The number of thioether (sulfide) groups is 1. The molecule has 0 amide bonds. The van der Waals surface area contributed by atoms with Crippen LogP contribution in [-0.2, 0) is 6.42 Å². The molecule has 1 heterocycles. The molecule has 2 unspecified atom stereocenters. The van der Waals surface area contributed by atoms with Gasteiger partial charge in [0.1, 0.15) is 11.6 Å². The number of nitrogens with one attached hydrogen (secondary N) is 1. The van der Waals surface area contributed by atoms with Crippen LogP contribution in [0.15, 0.2) is 18.2 Å². The molecule has 1 nitrogen and oxygen atoms in total. The fourth-order valence-corrected chi connectivity index (χ4v) is 4.11. The molecule has 0 aromatic heterocycles. The molecule has 0 saturated carbocycles. The fourth-order valence-electron chi connectivity index (χ4n) is 2.66. The van der Waals surface area contributed by atoms with E-state index in [1.807, 2.05) is 18.8 Å². The molecule has 1 N–H and O–H groups in total. The smallest absolute Gasteiger partial charge is 0.126 e. The van der Waals surface area contributed by atoms with E-state index in [-0.39, 0.29) is 10.8 Å². The average Bonchev–Trinajstić information content (AvgIpc) is 2.72. The Labute approximate surface area is 111 Å².